The van der Waals surface area contributed by atoms with Gasteiger partial charge in [0, 0.05) is 0 Å². The number of carbonyl (C=O) groups is 1. The fourth-order valence-electron chi connectivity index (χ4n) is 6.13. The van der Waals surface area contributed by atoms with Gasteiger partial charge in [-0.2, -0.15) is 0 Å². The zero-order valence-corrected chi connectivity index (χ0v) is 32.0. The number of carbonyl (C=O) groups excluding carboxylic acids is 1. The molecule has 11 heteroatoms. The smallest absolute Gasteiger partial charge is 0.339 e. The number of hydrogen-bond acceptors (Lipinski definition) is 11. The fourth-order valence-corrected chi connectivity index (χ4v) is 6.13. The molecule has 1 rings (SSSR count). The van der Waals surface area contributed by atoms with Gasteiger partial charge >= 0.3 is 5.97 Å². The summed E-state index contributed by atoms with van der Waals surface area (Å²) in [4.78, 5) is 21.8. The van der Waals surface area contributed by atoms with Gasteiger partial charge in [-0.1, -0.05) is 134 Å². The molecule has 0 aliphatic carbocycles. The molecule has 1 heterocycles. The number of rotatable bonds is 34. The maximum absolute atomic E-state index is 12.2. The molecule has 1 aliphatic rings. The van der Waals surface area contributed by atoms with Crippen LogP contribution in [0.2, 0.25) is 0 Å². The van der Waals surface area contributed by atoms with E-state index in [4.69, 9.17) is 19.1 Å². The van der Waals surface area contributed by atoms with E-state index in [0.717, 1.165) is 32.1 Å². The van der Waals surface area contributed by atoms with Gasteiger partial charge in [-0.15, -0.1) is 0 Å². The van der Waals surface area contributed by atoms with Crippen molar-refractivity contribution in [2.24, 2.45) is 0 Å². The van der Waals surface area contributed by atoms with Crippen molar-refractivity contribution in [1.82, 2.24) is 0 Å². The van der Waals surface area contributed by atoms with Gasteiger partial charge in [0.1, 0.15) is 31.5 Å². The third-order valence-electron chi connectivity index (χ3n) is 9.46. The van der Waals surface area contributed by atoms with Crippen LogP contribution in [0.1, 0.15) is 155 Å². The summed E-state index contributed by atoms with van der Waals surface area (Å²) in [6.07, 6.45) is 30.7. The Balaban J connectivity index is 1.99. The SMILES string of the molecule is CCCCCCCCCCCCCCCCCC=CCCCCCCCC=CC(O)C(=O)OCC(CO[C@@]1(O)CO[C@H](CO)[C@@H](O)[C@@H]1O)OOC. The highest BCUT2D eigenvalue weighted by Crippen LogP contribution is 2.26. The first-order valence-corrected chi connectivity index (χ1v) is 20.1. The van der Waals surface area contributed by atoms with Gasteiger partial charge in [0.25, 0.3) is 0 Å². The van der Waals surface area contributed by atoms with Crippen LogP contribution in [0.3, 0.4) is 0 Å². The van der Waals surface area contributed by atoms with Crippen LogP contribution in [0.15, 0.2) is 24.3 Å². The number of aliphatic hydroxyl groups excluding tert-OH is 4. The van der Waals surface area contributed by atoms with Crippen LogP contribution in [-0.4, -0.2) is 101 Å². The van der Waals surface area contributed by atoms with Crippen molar-refractivity contribution in [2.75, 3.05) is 33.5 Å². The van der Waals surface area contributed by atoms with Gasteiger partial charge in [0.15, 0.2) is 12.2 Å². The summed E-state index contributed by atoms with van der Waals surface area (Å²) < 4.78 is 15.5. The Labute approximate surface area is 308 Å². The lowest BCUT2D eigenvalue weighted by molar-refractivity contribution is -0.363. The molecule has 0 aromatic rings. The Morgan fingerprint density at radius 2 is 1.24 bits per heavy atom. The highest BCUT2D eigenvalue weighted by molar-refractivity contribution is 5.76. The van der Waals surface area contributed by atoms with E-state index < -0.39 is 62.1 Å². The number of hydrogen-bond donors (Lipinski definition) is 5. The minimum Gasteiger partial charge on any atom is -0.461 e. The standard InChI is InChI=1S/C40H74O11/c1-3-4-5-6-7-8-9-10-11-12-13-14-15-16-17-18-19-20-21-22-23-24-25-26-27-28-29-35(42)39(45)48-31-34(51-47-2)32-50-40(46)33-49-36(30-41)37(43)38(40)44/h19-20,28-29,34-38,41-44,46H,3-18,21-27,30-33H2,1-2H3/t34?,35?,36-,37-,38+,40+/m1/s1. The molecule has 0 radical (unpaired) electrons. The molecular weight excluding hydrogens is 656 g/mol. The predicted octanol–water partition coefficient (Wildman–Crippen LogP) is 6.76. The van der Waals surface area contributed by atoms with Crippen LogP contribution in [0, 0.1) is 0 Å². The fraction of sp³-hybridized carbons (Fsp3) is 0.875. The topological polar surface area (TPSA) is 164 Å². The predicted molar refractivity (Wildman–Crippen MR) is 199 cm³/mol. The van der Waals surface area contributed by atoms with E-state index in [0.29, 0.717) is 0 Å². The molecular formula is C40H74O11. The van der Waals surface area contributed by atoms with E-state index in [1.54, 1.807) is 6.08 Å². The number of ether oxygens (including phenoxy) is 3. The molecule has 0 aromatic heterocycles. The first kappa shape index (κ1) is 47.6. The molecule has 0 bridgehead atoms. The van der Waals surface area contributed by atoms with Crippen molar-refractivity contribution in [3.8, 4) is 0 Å². The van der Waals surface area contributed by atoms with Crippen molar-refractivity contribution >= 4 is 5.97 Å². The molecule has 0 amide bonds. The minimum absolute atomic E-state index is 0.374. The second kappa shape index (κ2) is 32.1. The summed E-state index contributed by atoms with van der Waals surface area (Å²) in [5, 5.41) is 50.0. The van der Waals surface area contributed by atoms with Crippen molar-refractivity contribution in [2.45, 2.75) is 191 Å². The lowest BCUT2D eigenvalue weighted by Gasteiger charge is -2.42. The Hall–Kier alpha value is -1.41. The van der Waals surface area contributed by atoms with Crippen LogP contribution in [-0.2, 0) is 28.8 Å². The van der Waals surface area contributed by atoms with Crippen LogP contribution in [0.25, 0.3) is 0 Å². The highest BCUT2D eigenvalue weighted by Gasteiger charge is 2.49. The summed E-state index contributed by atoms with van der Waals surface area (Å²) in [6.45, 7) is 0.434. The zero-order valence-electron chi connectivity index (χ0n) is 32.0. The van der Waals surface area contributed by atoms with Gasteiger partial charge in [-0.05, 0) is 44.6 Å². The summed E-state index contributed by atoms with van der Waals surface area (Å²) in [5.74, 6) is -3.17. The van der Waals surface area contributed by atoms with Gasteiger partial charge in [-0.25, -0.2) is 14.6 Å². The molecule has 0 saturated carbocycles. The van der Waals surface area contributed by atoms with Crippen molar-refractivity contribution < 1.29 is 54.3 Å². The number of aliphatic hydroxyl groups is 5. The molecule has 0 spiro atoms. The minimum atomic E-state index is -2.28. The Bertz CT molecular complexity index is 869. The molecule has 2 unspecified atom stereocenters. The quantitative estimate of drug-likeness (QED) is 0.0119. The van der Waals surface area contributed by atoms with E-state index in [-0.39, 0.29) is 6.61 Å². The lowest BCUT2D eigenvalue weighted by atomic mass is 9.97. The Morgan fingerprint density at radius 3 is 1.71 bits per heavy atom. The largest absolute Gasteiger partial charge is 0.461 e. The molecule has 1 aliphatic heterocycles. The third kappa shape index (κ3) is 23.8. The second-order valence-corrected chi connectivity index (χ2v) is 14.1. The molecule has 6 atom stereocenters. The van der Waals surface area contributed by atoms with Gasteiger partial charge in [0.05, 0.1) is 20.3 Å². The van der Waals surface area contributed by atoms with E-state index in [2.05, 4.69) is 24.0 Å². The third-order valence-corrected chi connectivity index (χ3v) is 9.46. The number of esters is 1. The normalized spacial score (nSPS) is 22.2. The van der Waals surface area contributed by atoms with Crippen molar-refractivity contribution in [1.29, 1.82) is 0 Å². The first-order chi connectivity index (χ1) is 24.8. The number of allylic oxidation sites excluding steroid dienone is 3. The molecule has 1 saturated heterocycles. The summed E-state index contributed by atoms with van der Waals surface area (Å²) in [6, 6.07) is 0. The van der Waals surface area contributed by atoms with Crippen LogP contribution >= 0.6 is 0 Å². The van der Waals surface area contributed by atoms with Gasteiger partial charge < -0.3 is 39.7 Å². The summed E-state index contributed by atoms with van der Waals surface area (Å²) >= 11 is 0. The zero-order chi connectivity index (χ0) is 37.4. The van der Waals surface area contributed by atoms with E-state index in [1.807, 2.05) is 0 Å². The summed E-state index contributed by atoms with van der Waals surface area (Å²) in [5.41, 5.74) is 0. The number of unbranched alkanes of at least 4 members (excludes halogenated alkanes) is 21. The highest BCUT2D eigenvalue weighted by atomic mass is 17.2. The van der Waals surface area contributed by atoms with E-state index >= 15 is 0 Å². The van der Waals surface area contributed by atoms with Crippen LogP contribution in [0.4, 0.5) is 0 Å². The van der Waals surface area contributed by atoms with Gasteiger partial charge in [0.2, 0.25) is 5.79 Å². The van der Waals surface area contributed by atoms with E-state index in [1.165, 1.54) is 129 Å². The lowest BCUT2D eigenvalue weighted by Crippen LogP contribution is -2.63. The Morgan fingerprint density at radius 1 is 0.765 bits per heavy atom. The first-order valence-electron chi connectivity index (χ1n) is 20.1. The van der Waals surface area contributed by atoms with Crippen molar-refractivity contribution in [3.05, 3.63) is 24.3 Å². The monoisotopic (exact) mass is 731 g/mol. The molecule has 300 valence electrons. The average molecular weight is 731 g/mol. The average Bonchev–Trinajstić information content (AvgIpc) is 3.13. The molecule has 5 N–H and O–H groups in total. The Kier molecular flexibility index (Phi) is 29.9. The van der Waals surface area contributed by atoms with Gasteiger partial charge in [-0.3, -0.25) is 0 Å². The van der Waals surface area contributed by atoms with Crippen LogP contribution < -0.4 is 0 Å². The van der Waals surface area contributed by atoms with Crippen LogP contribution in [0.5, 0.6) is 0 Å². The summed E-state index contributed by atoms with van der Waals surface area (Å²) in [7, 11) is 1.23. The molecule has 0 aromatic carbocycles. The molecule has 1 fully saturated rings. The van der Waals surface area contributed by atoms with E-state index in [9.17, 15) is 30.3 Å². The molecule has 51 heavy (non-hydrogen) atoms. The second-order valence-electron chi connectivity index (χ2n) is 14.1. The maximum atomic E-state index is 12.2. The maximum Gasteiger partial charge on any atom is 0.339 e. The van der Waals surface area contributed by atoms with Crippen molar-refractivity contribution in [3.63, 3.8) is 0 Å². The molecule has 11 nitrogen and oxygen atoms in total.